The number of benzene rings is 1. The number of thiophene rings is 1. The van der Waals surface area contributed by atoms with Crippen molar-refractivity contribution in [3.63, 3.8) is 0 Å². The molecule has 160 valence electrons. The number of hydrogen-bond donors (Lipinski definition) is 1. The Kier molecular flexibility index (Phi) is 10.3. The summed E-state index contributed by atoms with van der Waals surface area (Å²) >= 11 is 1.12. The van der Waals surface area contributed by atoms with Gasteiger partial charge >= 0.3 is 0 Å². The quantitative estimate of drug-likeness (QED) is 0.173. The third-order valence-corrected chi connectivity index (χ3v) is 5.26. The highest BCUT2D eigenvalue weighted by atomic mass is 32.1. The van der Waals surface area contributed by atoms with Gasteiger partial charge in [0.15, 0.2) is 6.29 Å². The van der Waals surface area contributed by atoms with Gasteiger partial charge in [-0.25, -0.2) is 0 Å². The van der Waals surface area contributed by atoms with Gasteiger partial charge in [-0.1, -0.05) is 40.0 Å². The molecule has 0 saturated carbocycles. The van der Waals surface area contributed by atoms with E-state index >= 15 is 0 Å². The fraction of sp³-hybridized carbons (Fsp3) is 0.524. The minimum atomic E-state index is -0.419. The Morgan fingerprint density at radius 3 is 2.48 bits per heavy atom. The maximum absolute atomic E-state index is 11.5. The fourth-order valence-corrected chi connectivity index (χ4v) is 3.82. The number of unbranched alkanes of at least 4 members (excludes halogenated alkanes) is 1. The van der Waals surface area contributed by atoms with Crippen LogP contribution in [-0.2, 0) is 0 Å². The van der Waals surface area contributed by atoms with E-state index < -0.39 is 4.92 Å². The van der Waals surface area contributed by atoms with Crippen molar-refractivity contribution in [2.75, 3.05) is 24.3 Å². The maximum atomic E-state index is 11.5. The van der Waals surface area contributed by atoms with E-state index in [2.05, 4.69) is 31.1 Å². The van der Waals surface area contributed by atoms with E-state index in [1.807, 2.05) is 25.9 Å². The van der Waals surface area contributed by atoms with E-state index in [0.29, 0.717) is 20.7 Å². The number of aliphatic imine (C=N–C) groups is 1. The number of hydrogen-bond acceptors (Lipinski definition) is 6. The number of non-ortho nitro benzene ring substituents is 1. The van der Waals surface area contributed by atoms with Gasteiger partial charge in [0.2, 0.25) is 0 Å². The number of fused-ring (bicyclic) bond motifs is 1. The molecule has 2 aromatic rings. The summed E-state index contributed by atoms with van der Waals surface area (Å²) in [6, 6.07) is 3.36. The summed E-state index contributed by atoms with van der Waals surface area (Å²) in [5.41, 5.74) is 1.38. The summed E-state index contributed by atoms with van der Waals surface area (Å²) in [5.74, 6) is 0. The first-order valence-corrected chi connectivity index (χ1v) is 10.8. The van der Waals surface area contributed by atoms with Crippen LogP contribution in [0.15, 0.2) is 17.1 Å². The molecule has 0 bridgehead atoms. The maximum Gasteiger partial charge on any atom is 0.287 e. The smallest absolute Gasteiger partial charge is 0.287 e. The molecule has 1 aromatic heterocycles. The lowest BCUT2D eigenvalue weighted by Crippen LogP contribution is -2.10. The molecule has 1 atom stereocenters. The van der Waals surface area contributed by atoms with E-state index in [0.717, 1.165) is 42.6 Å². The van der Waals surface area contributed by atoms with Crippen LogP contribution in [0.4, 0.5) is 17.1 Å². The second-order valence-electron chi connectivity index (χ2n) is 7.04. The van der Waals surface area contributed by atoms with Crippen LogP contribution in [0, 0.1) is 10.1 Å². The Labute approximate surface area is 177 Å². The van der Waals surface area contributed by atoms with Gasteiger partial charge in [0.25, 0.3) is 5.69 Å². The molecule has 1 heterocycles. The normalized spacial score (nSPS) is 11.8. The summed E-state index contributed by atoms with van der Waals surface area (Å²) in [6.45, 7) is 8.43. The molecule has 0 aliphatic carbocycles. The molecule has 0 spiro atoms. The molecular formula is C21H32N4O3S. The predicted molar refractivity (Wildman–Crippen MR) is 125 cm³/mol. The van der Waals surface area contributed by atoms with Crippen LogP contribution in [0.3, 0.4) is 0 Å². The van der Waals surface area contributed by atoms with Crippen LogP contribution in [0.2, 0.25) is 0 Å². The Bertz CT molecular complexity index is 846. The van der Waals surface area contributed by atoms with Gasteiger partial charge in [0.05, 0.1) is 21.8 Å². The Morgan fingerprint density at radius 2 is 1.97 bits per heavy atom. The Balaban J connectivity index is 0.00000132. The second kappa shape index (κ2) is 12.2. The first kappa shape index (κ1) is 24.6. The number of carbonyl (C=O) groups excluding carboxylic acids is 1. The van der Waals surface area contributed by atoms with Crippen LogP contribution in [0.1, 0.15) is 63.0 Å². The summed E-state index contributed by atoms with van der Waals surface area (Å²) in [7, 11) is 3.73. The molecule has 0 saturated heterocycles. The minimum absolute atomic E-state index is 0.00000243. The van der Waals surface area contributed by atoms with Gasteiger partial charge in [-0.05, 0) is 19.4 Å². The van der Waals surface area contributed by atoms with Crippen molar-refractivity contribution >= 4 is 51.1 Å². The molecular weight excluding hydrogens is 388 g/mol. The van der Waals surface area contributed by atoms with Gasteiger partial charge in [-0.15, -0.1) is 11.3 Å². The van der Waals surface area contributed by atoms with Crippen LogP contribution in [-0.4, -0.2) is 37.7 Å². The van der Waals surface area contributed by atoms with E-state index in [-0.39, 0.29) is 11.7 Å². The summed E-state index contributed by atoms with van der Waals surface area (Å²) < 4.78 is 0.484. The summed E-state index contributed by atoms with van der Waals surface area (Å²) in [4.78, 5) is 29.2. The Hall–Kier alpha value is -2.48. The highest BCUT2D eigenvalue weighted by Gasteiger charge is 2.23. The Morgan fingerprint density at radius 1 is 1.31 bits per heavy atom. The highest BCUT2D eigenvalue weighted by molar-refractivity contribution is 7.22. The van der Waals surface area contributed by atoms with Gasteiger partial charge < -0.3 is 10.2 Å². The van der Waals surface area contributed by atoms with Gasteiger partial charge in [-0.3, -0.25) is 19.9 Å². The number of aldehydes is 1. The topological polar surface area (TPSA) is 87.8 Å². The van der Waals surface area contributed by atoms with E-state index in [4.69, 9.17) is 0 Å². The first-order chi connectivity index (χ1) is 13.8. The number of nitrogens with one attached hydrogen (secondary N) is 1. The van der Waals surface area contributed by atoms with Gasteiger partial charge in [0.1, 0.15) is 4.70 Å². The van der Waals surface area contributed by atoms with Crippen LogP contribution < -0.4 is 10.2 Å². The molecule has 0 radical (unpaired) electrons. The highest BCUT2D eigenvalue weighted by Crippen LogP contribution is 2.44. The number of anilines is 2. The van der Waals surface area contributed by atoms with E-state index in [1.165, 1.54) is 12.5 Å². The molecule has 8 heteroatoms. The SMILES string of the molecule is CCC.CCCCC(C)N=CNc1c(C=O)sc2c([N+](=O)[O-])ccc(N(C)C)c12. The molecule has 29 heavy (non-hydrogen) atoms. The third-order valence-electron chi connectivity index (χ3n) is 4.12. The fourth-order valence-electron chi connectivity index (χ4n) is 2.74. The number of carbonyl (C=O) groups is 1. The summed E-state index contributed by atoms with van der Waals surface area (Å²) in [5, 5.41) is 15.1. The lowest BCUT2D eigenvalue weighted by atomic mass is 10.1. The number of nitro benzene ring substituents is 1. The van der Waals surface area contributed by atoms with E-state index in [9.17, 15) is 14.9 Å². The molecule has 2 rings (SSSR count). The van der Waals surface area contributed by atoms with Crippen LogP contribution in [0.25, 0.3) is 10.1 Å². The van der Waals surface area contributed by atoms with Gasteiger partial charge in [0, 0.05) is 37.3 Å². The largest absolute Gasteiger partial charge is 0.377 e. The van der Waals surface area contributed by atoms with Crippen LogP contribution in [0.5, 0.6) is 0 Å². The standard InChI is InChI=1S/C18H24N4O3S.C3H8/c1-5-6-7-12(2)19-11-20-17-15(10-23)26-18-14(22(24)25)9-8-13(16(17)18)21(3)4;1-3-2/h8-12H,5-7H2,1-4H3,(H,19,20);3H2,1-2H3. The predicted octanol–water partition coefficient (Wildman–Crippen LogP) is 6.12. The lowest BCUT2D eigenvalue weighted by Gasteiger charge is -2.15. The second-order valence-corrected chi connectivity index (χ2v) is 8.09. The van der Waals surface area contributed by atoms with Crippen molar-refractivity contribution in [3.8, 4) is 0 Å². The third kappa shape index (κ3) is 6.52. The molecule has 7 nitrogen and oxygen atoms in total. The zero-order valence-electron chi connectivity index (χ0n) is 18.2. The van der Waals surface area contributed by atoms with Crippen molar-refractivity contribution in [3.05, 3.63) is 27.1 Å². The van der Waals surface area contributed by atoms with Crippen molar-refractivity contribution < 1.29 is 9.72 Å². The average molecular weight is 421 g/mol. The van der Waals surface area contributed by atoms with Crippen LogP contribution >= 0.6 is 11.3 Å². The first-order valence-electron chi connectivity index (χ1n) is 9.96. The lowest BCUT2D eigenvalue weighted by molar-refractivity contribution is -0.382. The zero-order valence-corrected chi connectivity index (χ0v) is 19.0. The minimum Gasteiger partial charge on any atom is -0.377 e. The monoisotopic (exact) mass is 420 g/mol. The molecule has 0 amide bonds. The summed E-state index contributed by atoms with van der Waals surface area (Å²) in [6.07, 6.45) is 6.79. The average Bonchev–Trinajstić information content (AvgIpc) is 3.04. The number of rotatable bonds is 9. The molecule has 0 aliphatic rings. The van der Waals surface area contributed by atoms with Crippen molar-refractivity contribution in [2.24, 2.45) is 4.99 Å². The van der Waals surface area contributed by atoms with Crippen molar-refractivity contribution in [1.29, 1.82) is 0 Å². The number of nitro groups is 1. The van der Waals surface area contributed by atoms with Crippen molar-refractivity contribution in [1.82, 2.24) is 0 Å². The van der Waals surface area contributed by atoms with Crippen molar-refractivity contribution in [2.45, 2.75) is 59.4 Å². The molecule has 0 aliphatic heterocycles. The van der Waals surface area contributed by atoms with Gasteiger partial charge in [-0.2, -0.15) is 0 Å². The zero-order chi connectivity index (χ0) is 22.0. The molecule has 0 fully saturated rings. The molecule has 1 unspecified atom stereocenters. The van der Waals surface area contributed by atoms with E-state index in [1.54, 1.807) is 12.4 Å². The number of nitrogens with zero attached hydrogens (tertiary/aromatic N) is 3. The molecule has 1 aromatic carbocycles. The molecule has 1 N–H and O–H groups in total.